The second kappa shape index (κ2) is 6.44. The maximum atomic E-state index is 12.4. The molecule has 0 radical (unpaired) electrons. The van der Waals surface area contributed by atoms with Crippen LogP contribution in [-0.2, 0) is 4.79 Å². The van der Waals surface area contributed by atoms with Crippen LogP contribution in [0.1, 0.15) is 34.7 Å². The molecule has 2 aromatic carbocycles. The Morgan fingerprint density at radius 2 is 1.83 bits per heavy atom. The summed E-state index contributed by atoms with van der Waals surface area (Å²) in [5, 5.41) is 2.94. The van der Waals surface area contributed by atoms with Crippen molar-refractivity contribution in [3.05, 3.63) is 56.6 Å². The van der Waals surface area contributed by atoms with E-state index in [1.165, 1.54) is 0 Å². The summed E-state index contributed by atoms with van der Waals surface area (Å²) in [5.74, 6) is 0.866. The number of halogens is 1. The number of benzene rings is 2. The Labute approximate surface area is 150 Å². The van der Waals surface area contributed by atoms with E-state index in [1.807, 2.05) is 45.9 Å². The van der Waals surface area contributed by atoms with Gasteiger partial charge in [0.2, 0.25) is 0 Å². The quantitative estimate of drug-likeness (QED) is 0.731. The lowest BCUT2D eigenvalue weighted by atomic mass is 9.98. The SMILES string of the molecule is CCOc1c(C)cc(C=C2C(=O)Nc3ccc(Br)c(C)c32)cc1C. The third-order valence-corrected chi connectivity index (χ3v) is 5.10. The largest absolute Gasteiger partial charge is 0.493 e. The van der Waals surface area contributed by atoms with Gasteiger partial charge in [0.05, 0.1) is 6.61 Å². The number of hydrogen-bond donors (Lipinski definition) is 1. The molecule has 0 aromatic heterocycles. The van der Waals surface area contributed by atoms with Gasteiger partial charge >= 0.3 is 0 Å². The third-order valence-electron chi connectivity index (χ3n) is 4.24. The van der Waals surface area contributed by atoms with Crippen LogP contribution in [0.15, 0.2) is 28.7 Å². The fraction of sp³-hybridized carbons (Fsp3) is 0.250. The summed E-state index contributed by atoms with van der Waals surface area (Å²) in [4.78, 5) is 12.4. The molecule has 24 heavy (non-hydrogen) atoms. The zero-order valence-corrected chi connectivity index (χ0v) is 15.9. The summed E-state index contributed by atoms with van der Waals surface area (Å²) in [6, 6.07) is 8.01. The van der Waals surface area contributed by atoms with Crippen molar-refractivity contribution in [2.45, 2.75) is 27.7 Å². The molecular weight excluding hydrogens is 366 g/mol. The van der Waals surface area contributed by atoms with Gasteiger partial charge in [0.1, 0.15) is 5.75 Å². The van der Waals surface area contributed by atoms with Crippen molar-refractivity contribution in [2.75, 3.05) is 11.9 Å². The molecule has 0 saturated heterocycles. The van der Waals surface area contributed by atoms with E-state index in [2.05, 4.69) is 33.4 Å². The summed E-state index contributed by atoms with van der Waals surface area (Å²) in [5.41, 5.74) is 6.76. The molecule has 124 valence electrons. The minimum Gasteiger partial charge on any atom is -0.493 e. The van der Waals surface area contributed by atoms with Gasteiger partial charge in [-0.05, 0) is 80.3 Å². The van der Waals surface area contributed by atoms with E-state index in [4.69, 9.17) is 4.74 Å². The number of nitrogens with one attached hydrogen (secondary N) is 1. The Morgan fingerprint density at radius 3 is 2.46 bits per heavy atom. The summed E-state index contributed by atoms with van der Waals surface area (Å²) in [6.45, 7) is 8.71. The molecule has 1 heterocycles. The lowest BCUT2D eigenvalue weighted by Gasteiger charge is -2.12. The fourth-order valence-electron chi connectivity index (χ4n) is 3.18. The van der Waals surface area contributed by atoms with Gasteiger partial charge in [-0.1, -0.05) is 15.9 Å². The monoisotopic (exact) mass is 385 g/mol. The second-order valence-electron chi connectivity index (χ2n) is 6.02. The van der Waals surface area contributed by atoms with Crippen LogP contribution in [0.25, 0.3) is 11.6 Å². The van der Waals surface area contributed by atoms with E-state index in [0.717, 1.165) is 43.7 Å². The van der Waals surface area contributed by atoms with Gasteiger partial charge in [-0.15, -0.1) is 0 Å². The van der Waals surface area contributed by atoms with Gasteiger partial charge in [-0.25, -0.2) is 0 Å². The first-order chi connectivity index (χ1) is 11.4. The van der Waals surface area contributed by atoms with E-state index in [-0.39, 0.29) is 5.91 Å². The average molecular weight is 386 g/mol. The Morgan fingerprint density at radius 1 is 1.17 bits per heavy atom. The Kier molecular flexibility index (Phi) is 4.50. The number of carbonyl (C=O) groups excluding carboxylic acids is 1. The van der Waals surface area contributed by atoms with Crippen molar-refractivity contribution in [2.24, 2.45) is 0 Å². The molecule has 1 N–H and O–H groups in total. The first kappa shape index (κ1) is 16.8. The van der Waals surface area contributed by atoms with E-state index in [9.17, 15) is 4.79 Å². The van der Waals surface area contributed by atoms with E-state index in [1.54, 1.807) is 0 Å². The van der Waals surface area contributed by atoms with Crippen LogP contribution in [-0.4, -0.2) is 12.5 Å². The highest BCUT2D eigenvalue weighted by molar-refractivity contribution is 9.10. The molecule has 1 aliphatic rings. The third kappa shape index (κ3) is 2.86. The van der Waals surface area contributed by atoms with Crippen LogP contribution in [0.3, 0.4) is 0 Å². The van der Waals surface area contributed by atoms with Gasteiger partial charge in [-0.3, -0.25) is 4.79 Å². The van der Waals surface area contributed by atoms with Crippen LogP contribution in [0.2, 0.25) is 0 Å². The Bertz CT molecular complexity index is 845. The number of aryl methyl sites for hydroxylation is 2. The smallest absolute Gasteiger partial charge is 0.256 e. The topological polar surface area (TPSA) is 38.3 Å². The molecule has 2 aromatic rings. The van der Waals surface area contributed by atoms with Crippen LogP contribution < -0.4 is 10.1 Å². The maximum absolute atomic E-state index is 12.4. The maximum Gasteiger partial charge on any atom is 0.256 e. The van der Waals surface area contributed by atoms with Crippen molar-refractivity contribution in [1.82, 2.24) is 0 Å². The van der Waals surface area contributed by atoms with Crippen molar-refractivity contribution in [1.29, 1.82) is 0 Å². The predicted molar refractivity (Wildman–Crippen MR) is 102 cm³/mol. The number of carbonyl (C=O) groups is 1. The molecule has 1 aliphatic heterocycles. The minimum absolute atomic E-state index is 0.0598. The van der Waals surface area contributed by atoms with Crippen LogP contribution in [0, 0.1) is 20.8 Å². The lowest BCUT2D eigenvalue weighted by Crippen LogP contribution is -2.03. The van der Waals surface area contributed by atoms with Crippen LogP contribution in [0.4, 0.5) is 5.69 Å². The number of hydrogen-bond acceptors (Lipinski definition) is 2. The molecule has 3 rings (SSSR count). The zero-order valence-electron chi connectivity index (χ0n) is 14.3. The Balaban J connectivity index is 2.11. The fourth-order valence-corrected chi connectivity index (χ4v) is 3.51. The molecule has 4 heteroatoms. The van der Waals surface area contributed by atoms with Gasteiger partial charge < -0.3 is 10.1 Å². The number of fused-ring (bicyclic) bond motifs is 1. The summed E-state index contributed by atoms with van der Waals surface area (Å²) in [6.07, 6.45) is 1.95. The molecule has 0 bridgehead atoms. The molecular formula is C20H20BrNO2. The number of rotatable bonds is 3. The average Bonchev–Trinajstić information content (AvgIpc) is 2.84. The summed E-state index contributed by atoms with van der Waals surface area (Å²) >= 11 is 3.55. The molecule has 0 atom stereocenters. The van der Waals surface area contributed by atoms with Crippen LogP contribution >= 0.6 is 15.9 Å². The zero-order chi connectivity index (χ0) is 17.4. The molecule has 1 amide bonds. The molecule has 0 spiro atoms. The number of anilines is 1. The van der Waals surface area contributed by atoms with Crippen LogP contribution in [0.5, 0.6) is 5.75 Å². The molecule has 0 aliphatic carbocycles. The molecule has 0 fully saturated rings. The van der Waals surface area contributed by atoms with Crippen molar-refractivity contribution in [3.8, 4) is 5.75 Å². The highest BCUT2D eigenvalue weighted by Crippen LogP contribution is 2.39. The predicted octanol–water partition coefficient (Wildman–Crippen LogP) is 5.27. The Hall–Kier alpha value is -2.07. The highest BCUT2D eigenvalue weighted by Gasteiger charge is 2.26. The summed E-state index contributed by atoms with van der Waals surface area (Å²) in [7, 11) is 0. The molecule has 0 unspecified atom stereocenters. The highest BCUT2D eigenvalue weighted by atomic mass is 79.9. The first-order valence-corrected chi connectivity index (χ1v) is 8.78. The van der Waals surface area contributed by atoms with Gasteiger partial charge in [-0.2, -0.15) is 0 Å². The first-order valence-electron chi connectivity index (χ1n) is 7.99. The van der Waals surface area contributed by atoms with Crippen molar-refractivity contribution >= 4 is 39.2 Å². The molecule has 0 saturated carbocycles. The second-order valence-corrected chi connectivity index (χ2v) is 6.88. The van der Waals surface area contributed by atoms with Gasteiger partial charge in [0.25, 0.3) is 5.91 Å². The number of ether oxygens (including phenoxy) is 1. The minimum atomic E-state index is -0.0598. The van der Waals surface area contributed by atoms with Gasteiger partial charge in [0.15, 0.2) is 0 Å². The van der Waals surface area contributed by atoms with Crippen molar-refractivity contribution in [3.63, 3.8) is 0 Å². The molecule has 3 nitrogen and oxygen atoms in total. The van der Waals surface area contributed by atoms with Crippen molar-refractivity contribution < 1.29 is 9.53 Å². The standard InChI is InChI=1S/C20H20BrNO2/c1-5-24-19-11(2)8-14(9-12(19)3)10-15-18-13(4)16(21)6-7-17(18)22-20(15)23/h6-10H,5H2,1-4H3,(H,22,23). The lowest BCUT2D eigenvalue weighted by molar-refractivity contribution is -0.110. The van der Waals surface area contributed by atoms with E-state index >= 15 is 0 Å². The van der Waals surface area contributed by atoms with E-state index < -0.39 is 0 Å². The number of amides is 1. The summed E-state index contributed by atoms with van der Waals surface area (Å²) < 4.78 is 6.70. The van der Waals surface area contributed by atoms with Gasteiger partial charge in [0, 0.05) is 21.3 Å². The van der Waals surface area contributed by atoms with E-state index in [0.29, 0.717) is 12.2 Å². The normalized spacial score (nSPS) is 14.7.